The second-order valence-corrected chi connectivity index (χ2v) is 6.43. The molecule has 4 rings (SSSR count). The highest BCUT2D eigenvalue weighted by Gasteiger charge is 2.14. The molecule has 144 valence electrons. The molecule has 0 fully saturated rings. The van der Waals surface area contributed by atoms with Gasteiger partial charge in [0.15, 0.2) is 5.78 Å². The van der Waals surface area contributed by atoms with Crippen molar-refractivity contribution in [3.8, 4) is 11.4 Å². The molecule has 0 saturated heterocycles. The van der Waals surface area contributed by atoms with E-state index in [0.29, 0.717) is 34.4 Å². The molecule has 0 bridgehead atoms. The molecule has 2 heterocycles. The Morgan fingerprint density at radius 2 is 1.90 bits per heavy atom. The van der Waals surface area contributed by atoms with Crippen LogP contribution in [0.25, 0.3) is 22.9 Å². The summed E-state index contributed by atoms with van der Waals surface area (Å²) < 4.78 is 0. The maximum absolute atomic E-state index is 12.4. The first-order valence-corrected chi connectivity index (χ1v) is 9.08. The number of aliphatic hydroxyl groups excluding tert-OH is 1. The third kappa shape index (κ3) is 3.90. The number of fused-ring (bicyclic) bond motifs is 1. The van der Waals surface area contributed by atoms with Crippen molar-refractivity contribution in [1.29, 1.82) is 0 Å². The molecule has 7 heteroatoms. The Hall–Kier alpha value is -3.84. The molecule has 7 nitrogen and oxygen atoms in total. The minimum absolute atomic E-state index is 0.0492. The monoisotopic (exact) mass is 386 g/mol. The van der Waals surface area contributed by atoms with Crippen molar-refractivity contribution < 1.29 is 15.0 Å². The minimum atomic E-state index is -0.175. The van der Waals surface area contributed by atoms with Gasteiger partial charge in [-0.25, -0.2) is 4.98 Å². The summed E-state index contributed by atoms with van der Waals surface area (Å²) in [4.78, 5) is 17.8. The second-order valence-electron chi connectivity index (χ2n) is 6.43. The van der Waals surface area contributed by atoms with Gasteiger partial charge in [-0.3, -0.25) is 4.79 Å². The zero-order valence-corrected chi connectivity index (χ0v) is 15.4. The van der Waals surface area contributed by atoms with Crippen molar-refractivity contribution >= 4 is 23.0 Å². The number of nitrogens with zero attached hydrogens (tertiary/aromatic N) is 4. The van der Waals surface area contributed by atoms with E-state index in [2.05, 4.69) is 15.2 Å². The number of carbonyl (C=O) groups excluding carboxylic acids is 1. The summed E-state index contributed by atoms with van der Waals surface area (Å²) in [5.41, 5.74) is 3.17. The van der Waals surface area contributed by atoms with E-state index in [9.17, 15) is 15.0 Å². The van der Waals surface area contributed by atoms with Gasteiger partial charge in [-0.2, -0.15) is 0 Å². The van der Waals surface area contributed by atoms with Crippen LogP contribution in [-0.2, 0) is 6.42 Å². The third-order valence-electron chi connectivity index (χ3n) is 4.43. The lowest BCUT2D eigenvalue weighted by Crippen LogP contribution is -2.03. The summed E-state index contributed by atoms with van der Waals surface area (Å²) in [6, 6.07) is 15.9. The zero-order valence-electron chi connectivity index (χ0n) is 15.4. The SMILES string of the molecule is O=C(/C=C\c1cc(CCO)cc(-n2nc3cccnc3n2)c1O)c1ccccc1. The van der Waals surface area contributed by atoms with Gasteiger partial charge in [-0.05, 0) is 48.4 Å². The largest absolute Gasteiger partial charge is 0.505 e. The van der Waals surface area contributed by atoms with Crippen LogP contribution in [-0.4, -0.2) is 42.6 Å². The van der Waals surface area contributed by atoms with Crippen molar-refractivity contribution in [2.24, 2.45) is 0 Å². The molecule has 29 heavy (non-hydrogen) atoms. The van der Waals surface area contributed by atoms with E-state index < -0.39 is 0 Å². The van der Waals surface area contributed by atoms with E-state index in [1.807, 2.05) is 6.07 Å². The summed E-state index contributed by atoms with van der Waals surface area (Å²) in [6.07, 6.45) is 4.97. The van der Waals surface area contributed by atoms with Gasteiger partial charge >= 0.3 is 0 Å². The molecule has 2 aromatic heterocycles. The third-order valence-corrected chi connectivity index (χ3v) is 4.43. The van der Waals surface area contributed by atoms with Gasteiger partial charge in [-0.1, -0.05) is 30.3 Å². The molecule has 0 saturated carbocycles. The minimum Gasteiger partial charge on any atom is -0.505 e. The summed E-state index contributed by atoms with van der Waals surface area (Å²) in [6.45, 7) is -0.0492. The molecular formula is C22H18N4O3. The van der Waals surface area contributed by atoms with Crippen LogP contribution in [0.1, 0.15) is 21.5 Å². The number of hydrogen-bond donors (Lipinski definition) is 2. The van der Waals surface area contributed by atoms with Gasteiger partial charge in [0.2, 0.25) is 5.65 Å². The fourth-order valence-corrected chi connectivity index (χ4v) is 2.98. The average Bonchev–Trinajstić information content (AvgIpc) is 3.18. The Morgan fingerprint density at radius 1 is 1.07 bits per heavy atom. The number of pyridine rings is 1. The van der Waals surface area contributed by atoms with Crippen molar-refractivity contribution in [2.75, 3.05) is 6.61 Å². The number of rotatable bonds is 6. The van der Waals surface area contributed by atoms with Crippen LogP contribution in [0.4, 0.5) is 0 Å². The van der Waals surface area contributed by atoms with E-state index in [4.69, 9.17) is 0 Å². The fraction of sp³-hybridized carbons (Fsp3) is 0.0909. The fourth-order valence-electron chi connectivity index (χ4n) is 2.98. The van der Waals surface area contributed by atoms with Gasteiger partial charge in [0.25, 0.3) is 0 Å². The maximum Gasteiger partial charge on any atom is 0.202 e. The van der Waals surface area contributed by atoms with Gasteiger partial charge in [-0.15, -0.1) is 15.0 Å². The van der Waals surface area contributed by atoms with E-state index in [1.165, 1.54) is 10.9 Å². The predicted octanol–water partition coefficient (Wildman–Crippen LogP) is 2.95. The summed E-state index contributed by atoms with van der Waals surface area (Å²) >= 11 is 0. The Labute approximate surface area is 166 Å². The van der Waals surface area contributed by atoms with Gasteiger partial charge in [0.1, 0.15) is 17.0 Å². The van der Waals surface area contributed by atoms with Gasteiger partial charge in [0, 0.05) is 23.9 Å². The first kappa shape index (κ1) is 18.5. The summed E-state index contributed by atoms with van der Waals surface area (Å²) in [7, 11) is 0. The van der Waals surface area contributed by atoms with Crippen LogP contribution >= 0.6 is 0 Å². The highest BCUT2D eigenvalue weighted by atomic mass is 16.3. The van der Waals surface area contributed by atoms with Gasteiger partial charge in [0.05, 0.1) is 0 Å². The summed E-state index contributed by atoms with van der Waals surface area (Å²) in [5.74, 6) is -0.240. The Morgan fingerprint density at radius 3 is 2.66 bits per heavy atom. The van der Waals surface area contributed by atoms with Crippen molar-refractivity contribution in [3.05, 3.63) is 83.6 Å². The molecule has 0 spiro atoms. The number of allylic oxidation sites excluding steroid dienone is 1. The van der Waals surface area contributed by atoms with Crippen LogP contribution in [0.5, 0.6) is 5.75 Å². The number of phenols is 1. The van der Waals surface area contributed by atoms with E-state index >= 15 is 0 Å². The smallest absolute Gasteiger partial charge is 0.202 e. The highest BCUT2D eigenvalue weighted by molar-refractivity contribution is 6.07. The molecule has 0 atom stereocenters. The van der Waals surface area contributed by atoms with E-state index in [1.54, 1.807) is 60.8 Å². The zero-order chi connectivity index (χ0) is 20.2. The Balaban J connectivity index is 1.75. The van der Waals surface area contributed by atoms with Crippen molar-refractivity contribution in [2.45, 2.75) is 6.42 Å². The molecule has 0 aliphatic heterocycles. The first-order chi connectivity index (χ1) is 14.2. The molecule has 0 aliphatic carbocycles. The molecule has 0 unspecified atom stereocenters. The number of aromatic nitrogens is 4. The Kier molecular flexibility index (Phi) is 5.13. The number of benzene rings is 2. The normalized spacial score (nSPS) is 11.3. The molecule has 2 aromatic carbocycles. The molecular weight excluding hydrogens is 368 g/mol. The number of aliphatic hydroxyl groups is 1. The topological polar surface area (TPSA) is 101 Å². The number of phenolic OH excluding ortho intramolecular Hbond substituents is 1. The molecule has 2 N–H and O–H groups in total. The Bertz CT molecular complexity index is 1170. The van der Waals surface area contributed by atoms with Gasteiger partial charge < -0.3 is 10.2 Å². The molecule has 4 aromatic rings. The van der Waals surface area contributed by atoms with Crippen LogP contribution in [0.15, 0.2) is 66.9 Å². The van der Waals surface area contributed by atoms with Crippen LogP contribution in [0.3, 0.4) is 0 Å². The van der Waals surface area contributed by atoms with Crippen LogP contribution < -0.4 is 0 Å². The average molecular weight is 386 g/mol. The predicted molar refractivity (Wildman–Crippen MR) is 109 cm³/mol. The van der Waals surface area contributed by atoms with Crippen LogP contribution in [0, 0.1) is 0 Å². The molecule has 0 aliphatic rings. The highest BCUT2D eigenvalue weighted by Crippen LogP contribution is 2.29. The lowest BCUT2D eigenvalue weighted by atomic mass is 10.0. The lowest BCUT2D eigenvalue weighted by molar-refractivity contribution is 0.104. The number of carbonyl (C=O) groups is 1. The van der Waals surface area contributed by atoms with Crippen molar-refractivity contribution in [1.82, 2.24) is 20.0 Å². The molecule has 0 amide bonds. The quantitative estimate of drug-likeness (QED) is 0.390. The lowest BCUT2D eigenvalue weighted by Gasteiger charge is -2.10. The number of hydrogen-bond acceptors (Lipinski definition) is 6. The second kappa shape index (κ2) is 8.04. The number of aromatic hydroxyl groups is 1. The first-order valence-electron chi connectivity index (χ1n) is 9.08. The number of ketones is 1. The summed E-state index contributed by atoms with van der Waals surface area (Å²) in [5, 5.41) is 28.8. The molecule has 0 radical (unpaired) electrons. The van der Waals surface area contributed by atoms with E-state index in [0.717, 1.165) is 5.56 Å². The van der Waals surface area contributed by atoms with Crippen molar-refractivity contribution in [3.63, 3.8) is 0 Å². The van der Waals surface area contributed by atoms with Crippen LogP contribution in [0.2, 0.25) is 0 Å². The maximum atomic E-state index is 12.4. The standard InChI is InChI=1S/C22H18N4O3/c27-12-10-15-13-17(8-9-20(28)16-5-2-1-3-6-16)21(29)19(14-15)26-24-18-7-4-11-23-22(18)25-26/h1-9,11,13-14,27,29H,10,12H2/b9-8-. The van der Waals surface area contributed by atoms with E-state index in [-0.39, 0.29) is 18.1 Å².